The first kappa shape index (κ1) is 22.4. The van der Waals surface area contributed by atoms with E-state index in [1.165, 1.54) is 51.0 Å². The Bertz CT molecular complexity index is 874. The van der Waals surface area contributed by atoms with Gasteiger partial charge in [0.2, 0.25) is 0 Å². The third-order valence-corrected chi connectivity index (χ3v) is 5.77. The van der Waals surface area contributed by atoms with Crippen LogP contribution in [0, 0.1) is 0 Å². The van der Waals surface area contributed by atoms with Crippen LogP contribution in [0.5, 0.6) is 5.75 Å². The molecule has 1 heterocycles. The Labute approximate surface area is 179 Å². The summed E-state index contributed by atoms with van der Waals surface area (Å²) >= 11 is 0. The molecule has 1 aromatic heterocycles. The van der Waals surface area contributed by atoms with Crippen LogP contribution in [-0.2, 0) is 0 Å². The summed E-state index contributed by atoms with van der Waals surface area (Å²) < 4.78 is 11.0. The fraction of sp³-hybridized carbons (Fsp3) is 0.600. The highest BCUT2D eigenvalue weighted by atomic mass is 16.5. The predicted molar refractivity (Wildman–Crippen MR) is 120 cm³/mol. The van der Waals surface area contributed by atoms with Crippen molar-refractivity contribution in [1.29, 1.82) is 0 Å². The molecule has 0 bridgehead atoms. The summed E-state index contributed by atoms with van der Waals surface area (Å²) in [4.78, 5) is 25.2. The molecule has 5 nitrogen and oxygen atoms in total. The molecule has 0 unspecified atom stereocenters. The number of benzene rings is 1. The van der Waals surface area contributed by atoms with E-state index in [2.05, 4.69) is 5.32 Å². The maximum absolute atomic E-state index is 13.1. The number of hydrogen-bond acceptors (Lipinski definition) is 4. The van der Waals surface area contributed by atoms with Gasteiger partial charge in [0.1, 0.15) is 11.3 Å². The summed E-state index contributed by atoms with van der Waals surface area (Å²) in [7, 11) is 0. The third kappa shape index (κ3) is 6.61. The molecule has 5 heteroatoms. The van der Waals surface area contributed by atoms with Crippen molar-refractivity contribution >= 4 is 16.9 Å². The van der Waals surface area contributed by atoms with Gasteiger partial charge in [-0.1, -0.05) is 57.8 Å². The Hall–Kier alpha value is -2.30. The SMILES string of the molecule is CC(C)Oc1ccc2c(C(=O)NC3CCCCCCCCCCC3)cc(=O)oc2c1. The van der Waals surface area contributed by atoms with Crippen LogP contribution in [-0.4, -0.2) is 18.1 Å². The van der Waals surface area contributed by atoms with Crippen LogP contribution in [0.4, 0.5) is 0 Å². The molecule has 0 saturated heterocycles. The van der Waals surface area contributed by atoms with E-state index in [1.54, 1.807) is 12.1 Å². The lowest BCUT2D eigenvalue weighted by Crippen LogP contribution is -2.35. The van der Waals surface area contributed by atoms with Gasteiger partial charge in [0.25, 0.3) is 5.91 Å². The van der Waals surface area contributed by atoms with Gasteiger partial charge in [0.15, 0.2) is 0 Å². The van der Waals surface area contributed by atoms with Crippen molar-refractivity contribution in [2.45, 2.75) is 96.6 Å². The number of fused-ring (bicyclic) bond motifs is 1. The standard InChI is InChI=1S/C25H35NO4/c1-18(2)29-20-14-15-21-22(17-24(27)30-23(21)16-20)25(28)26-19-12-10-8-6-4-3-5-7-9-11-13-19/h14-19H,3-13H2,1-2H3,(H,26,28). The molecule has 164 valence electrons. The lowest BCUT2D eigenvalue weighted by molar-refractivity contribution is 0.0932. The van der Waals surface area contributed by atoms with Gasteiger partial charge in [-0.2, -0.15) is 0 Å². The predicted octanol–water partition coefficient (Wildman–Crippen LogP) is 5.98. The zero-order chi connectivity index (χ0) is 21.3. The van der Waals surface area contributed by atoms with Gasteiger partial charge in [-0.3, -0.25) is 4.79 Å². The van der Waals surface area contributed by atoms with Gasteiger partial charge in [-0.25, -0.2) is 4.79 Å². The van der Waals surface area contributed by atoms with Gasteiger partial charge in [-0.05, 0) is 38.8 Å². The van der Waals surface area contributed by atoms with Crippen molar-refractivity contribution in [3.63, 3.8) is 0 Å². The average Bonchev–Trinajstić information content (AvgIpc) is 2.68. The maximum atomic E-state index is 13.1. The molecule has 30 heavy (non-hydrogen) atoms. The number of nitrogens with one attached hydrogen (secondary N) is 1. The highest BCUT2D eigenvalue weighted by Crippen LogP contribution is 2.24. The molecule has 1 aromatic carbocycles. The first-order valence-electron chi connectivity index (χ1n) is 11.6. The van der Waals surface area contributed by atoms with E-state index in [-0.39, 0.29) is 18.1 Å². The molecule has 1 fully saturated rings. The second-order valence-corrected chi connectivity index (χ2v) is 8.73. The van der Waals surface area contributed by atoms with Crippen LogP contribution in [0.1, 0.15) is 94.8 Å². The average molecular weight is 414 g/mol. The second kappa shape index (κ2) is 11.2. The van der Waals surface area contributed by atoms with Gasteiger partial charge >= 0.3 is 5.63 Å². The molecular formula is C25H35NO4. The zero-order valence-corrected chi connectivity index (χ0v) is 18.4. The molecular weight excluding hydrogens is 378 g/mol. The number of hydrogen-bond donors (Lipinski definition) is 1. The zero-order valence-electron chi connectivity index (χ0n) is 18.4. The summed E-state index contributed by atoms with van der Waals surface area (Å²) in [5.74, 6) is 0.431. The minimum Gasteiger partial charge on any atom is -0.491 e. The van der Waals surface area contributed by atoms with Crippen molar-refractivity contribution < 1.29 is 13.9 Å². The second-order valence-electron chi connectivity index (χ2n) is 8.73. The topological polar surface area (TPSA) is 68.5 Å². The van der Waals surface area contributed by atoms with Crippen molar-refractivity contribution in [3.8, 4) is 5.75 Å². The molecule has 2 aromatic rings. The molecule has 1 N–H and O–H groups in total. The van der Waals surface area contributed by atoms with Crippen LogP contribution in [0.25, 0.3) is 11.0 Å². The van der Waals surface area contributed by atoms with E-state index in [0.29, 0.717) is 22.3 Å². The largest absolute Gasteiger partial charge is 0.491 e. The highest BCUT2D eigenvalue weighted by molar-refractivity contribution is 6.05. The summed E-state index contributed by atoms with van der Waals surface area (Å²) in [6.07, 6.45) is 13.3. The summed E-state index contributed by atoms with van der Waals surface area (Å²) in [6, 6.07) is 6.75. The first-order valence-corrected chi connectivity index (χ1v) is 11.6. The Morgan fingerprint density at radius 2 is 1.57 bits per heavy atom. The molecule has 1 saturated carbocycles. The Balaban J connectivity index is 1.76. The molecule has 0 aliphatic heterocycles. The third-order valence-electron chi connectivity index (χ3n) is 5.77. The Morgan fingerprint density at radius 1 is 0.967 bits per heavy atom. The van der Waals surface area contributed by atoms with Crippen LogP contribution >= 0.6 is 0 Å². The smallest absolute Gasteiger partial charge is 0.337 e. The fourth-order valence-corrected chi connectivity index (χ4v) is 4.25. The van der Waals surface area contributed by atoms with E-state index < -0.39 is 5.63 Å². The Kier molecular flexibility index (Phi) is 8.35. The fourth-order valence-electron chi connectivity index (χ4n) is 4.25. The van der Waals surface area contributed by atoms with Gasteiger partial charge in [-0.15, -0.1) is 0 Å². The molecule has 1 amide bonds. The van der Waals surface area contributed by atoms with E-state index in [1.807, 2.05) is 19.9 Å². The summed E-state index contributed by atoms with van der Waals surface area (Å²) in [5.41, 5.74) is 0.237. The molecule has 0 atom stereocenters. The van der Waals surface area contributed by atoms with Crippen molar-refractivity contribution in [2.75, 3.05) is 0 Å². The van der Waals surface area contributed by atoms with Crippen LogP contribution < -0.4 is 15.7 Å². The minimum atomic E-state index is -0.520. The number of rotatable bonds is 4. The molecule has 1 aliphatic carbocycles. The summed E-state index contributed by atoms with van der Waals surface area (Å²) in [6.45, 7) is 3.88. The monoisotopic (exact) mass is 413 g/mol. The maximum Gasteiger partial charge on any atom is 0.337 e. The van der Waals surface area contributed by atoms with Crippen LogP contribution in [0.2, 0.25) is 0 Å². The van der Waals surface area contributed by atoms with E-state index >= 15 is 0 Å². The normalized spacial score (nSPS) is 17.3. The van der Waals surface area contributed by atoms with E-state index in [0.717, 1.165) is 25.7 Å². The van der Waals surface area contributed by atoms with E-state index in [9.17, 15) is 9.59 Å². The van der Waals surface area contributed by atoms with Crippen LogP contribution in [0.15, 0.2) is 33.5 Å². The lowest BCUT2D eigenvalue weighted by Gasteiger charge is -2.20. The van der Waals surface area contributed by atoms with Gasteiger partial charge in [0.05, 0.1) is 11.7 Å². The molecule has 3 rings (SSSR count). The summed E-state index contributed by atoms with van der Waals surface area (Å²) in [5, 5.41) is 3.84. The number of carbonyl (C=O) groups is 1. The quantitative estimate of drug-likeness (QED) is 0.626. The molecule has 0 spiro atoms. The van der Waals surface area contributed by atoms with Gasteiger partial charge < -0.3 is 14.5 Å². The van der Waals surface area contributed by atoms with Gasteiger partial charge in [0, 0.05) is 23.6 Å². The Morgan fingerprint density at radius 3 is 2.17 bits per heavy atom. The molecule has 0 radical (unpaired) electrons. The van der Waals surface area contributed by atoms with Crippen molar-refractivity contribution in [2.24, 2.45) is 0 Å². The van der Waals surface area contributed by atoms with Crippen LogP contribution in [0.3, 0.4) is 0 Å². The van der Waals surface area contributed by atoms with Crippen molar-refractivity contribution in [3.05, 3.63) is 40.2 Å². The highest BCUT2D eigenvalue weighted by Gasteiger charge is 2.18. The first-order chi connectivity index (χ1) is 14.5. The minimum absolute atomic E-state index is 0.0155. The lowest BCUT2D eigenvalue weighted by atomic mass is 9.97. The van der Waals surface area contributed by atoms with Crippen molar-refractivity contribution in [1.82, 2.24) is 5.32 Å². The number of ether oxygens (including phenoxy) is 1. The number of amides is 1. The number of carbonyl (C=O) groups excluding carboxylic acids is 1. The van der Waals surface area contributed by atoms with E-state index in [4.69, 9.17) is 9.15 Å². The molecule has 1 aliphatic rings.